The molecule has 0 aromatic carbocycles. The van der Waals surface area contributed by atoms with E-state index in [1.165, 1.54) is 12.8 Å². The van der Waals surface area contributed by atoms with E-state index in [1.807, 2.05) is 18.2 Å². The van der Waals surface area contributed by atoms with Crippen LogP contribution in [0.3, 0.4) is 0 Å². The molecule has 1 amide bonds. The zero-order valence-electron chi connectivity index (χ0n) is 20.6. The summed E-state index contributed by atoms with van der Waals surface area (Å²) < 4.78 is 0. The van der Waals surface area contributed by atoms with Crippen LogP contribution in [-0.2, 0) is 4.79 Å². The average Bonchev–Trinajstić information content (AvgIpc) is 3.80. The van der Waals surface area contributed by atoms with Crippen LogP contribution in [0.25, 0.3) is 22.2 Å². The Kier molecular flexibility index (Phi) is 5.11. The van der Waals surface area contributed by atoms with Crippen molar-refractivity contribution in [2.45, 2.75) is 50.5 Å². The fourth-order valence-corrected chi connectivity index (χ4v) is 5.78. The minimum Gasteiger partial charge on any atom is -0.352 e. The molecule has 1 saturated heterocycles. The Balaban J connectivity index is 1.28. The SMILES string of the molecule is N#Cc1ccc2c(-c3cc(C#N)c(N4CCN(C(=O)C5CC5)[C@H](C5CC5)C4)nc3C3CC3)ccnc2n1. The molecule has 37 heavy (non-hydrogen) atoms. The molecule has 0 bridgehead atoms. The van der Waals surface area contributed by atoms with Crippen LogP contribution in [0.4, 0.5) is 5.82 Å². The number of hydrogen-bond donors (Lipinski definition) is 0. The van der Waals surface area contributed by atoms with Gasteiger partial charge < -0.3 is 9.80 Å². The molecule has 8 heteroatoms. The van der Waals surface area contributed by atoms with Crippen LogP contribution in [0.15, 0.2) is 30.5 Å². The summed E-state index contributed by atoms with van der Waals surface area (Å²) in [4.78, 5) is 31.3. The molecule has 1 atom stereocenters. The van der Waals surface area contributed by atoms with Gasteiger partial charge in [-0.1, -0.05) is 0 Å². The minimum atomic E-state index is 0.212. The van der Waals surface area contributed by atoms with E-state index in [0.717, 1.165) is 60.3 Å². The van der Waals surface area contributed by atoms with Gasteiger partial charge in [0.2, 0.25) is 5.91 Å². The summed E-state index contributed by atoms with van der Waals surface area (Å²) >= 11 is 0. The molecular weight excluding hydrogens is 462 g/mol. The van der Waals surface area contributed by atoms with Crippen molar-refractivity contribution in [1.82, 2.24) is 19.9 Å². The number of amides is 1. The van der Waals surface area contributed by atoms with Gasteiger partial charge in [-0.25, -0.2) is 15.0 Å². The van der Waals surface area contributed by atoms with Crippen LogP contribution in [0, 0.1) is 34.5 Å². The number of piperazine rings is 1. The lowest BCUT2D eigenvalue weighted by Gasteiger charge is -2.43. The highest BCUT2D eigenvalue weighted by Gasteiger charge is 2.45. The van der Waals surface area contributed by atoms with Crippen LogP contribution < -0.4 is 4.90 Å². The predicted molar refractivity (Wildman–Crippen MR) is 137 cm³/mol. The first-order valence-corrected chi connectivity index (χ1v) is 13.3. The second-order valence-electron chi connectivity index (χ2n) is 10.9. The van der Waals surface area contributed by atoms with Crippen molar-refractivity contribution in [2.75, 3.05) is 24.5 Å². The van der Waals surface area contributed by atoms with E-state index in [4.69, 9.17) is 4.98 Å². The lowest BCUT2D eigenvalue weighted by Crippen LogP contribution is -2.57. The molecule has 4 heterocycles. The van der Waals surface area contributed by atoms with Crippen molar-refractivity contribution in [2.24, 2.45) is 11.8 Å². The Labute approximate surface area is 215 Å². The molecule has 3 aromatic rings. The number of carbonyl (C=O) groups is 1. The number of fused-ring (bicyclic) bond motifs is 1. The highest BCUT2D eigenvalue weighted by Crippen LogP contribution is 2.46. The third kappa shape index (κ3) is 3.97. The summed E-state index contributed by atoms with van der Waals surface area (Å²) in [7, 11) is 0. The molecule has 3 saturated carbocycles. The first-order chi connectivity index (χ1) is 18.1. The molecule has 0 radical (unpaired) electrons. The molecule has 8 nitrogen and oxygen atoms in total. The van der Waals surface area contributed by atoms with Crippen LogP contribution in [0.2, 0.25) is 0 Å². The number of anilines is 1. The van der Waals surface area contributed by atoms with Crippen molar-refractivity contribution in [3.05, 3.63) is 47.4 Å². The summed E-state index contributed by atoms with van der Waals surface area (Å²) in [5.41, 5.74) is 4.31. The third-order valence-corrected chi connectivity index (χ3v) is 8.22. The number of carbonyl (C=O) groups excluding carboxylic acids is 1. The molecule has 0 spiro atoms. The monoisotopic (exact) mass is 489 g/mol. The minimum absolute atomic E-state index is 0.212. The number of pyridine rings is 3. The number of nitriles is 2. The molecule has 0 N–H and O–H groups in total. The Morgan fingerprint density at radius 1 is 0.946 bits per heavy atom. The van der Waals surface area contributed by atoms with Gasteiger partial charge in [-0.3, -0.25) is 4.79 Å². The molecule has 4 fully saturated rings. The van der Waals surface area contributed by atoms with Gasteiger partial charge in [-0.05, 0) is 74.3 Å². The van der Waals surface area contributed by atoms with Gasteiger partial charge in [0.25, 0.3) is 0 Å². The van der Waals surface area contributed by atoms with Crippen LogP contribution in [0.1, 0.15) is 61.4 Å². The molecule has 184 valence electrons. The van der Waals surface area contributed by atoms with Gasteiger partial charge in [0.05, 0.1) is 17.3 Å². The van der Waals surface area contributed by atoms with Gasteiger partial charge >= 0.3 is 0 Å². The number of rotatable bonds is 5. The Bertz CT molecular complexity index is 1510. The van der Waals surface area contributed by atoms with E-state index in [2.05, 4.69) is 31.9 Å². The number of aromatic nitrogens is 3. The summed E-state index contributed by atoms with van der Waals surface area (Å²) in [6, 6.07) is 12.2. The van der Waals surface area contributed by atoms with Gasteiger partial charge in [-0.2, -0.15) is 10.5 Å². The fourth-order valence-electron chi connectivity index (χ4n) is 5.78. The number of nitrogens with zero attached hydrogens (tertiary/aromatic N) is 7. The molecule has 3 aliphatic carbocycles. The zero-order valence-corrected chi connectivity index (χ0v) is 20.6. The largest absolute Gasteiger partial charge is 0.352 e. The summed E-state index contributed by atoms with van der Waals surface area (Å²) in [6.07, 6.45) is 8.28. The number of hydrogen-bond acceptors (Lipinski definition) is 7. The molecule has 4 aliphatic rings. The summed E-state index contributed by atoms with van der Waals surface area (Å²) in [5.74, 6) is 2.24. The lowest BCUT2D eigenvalue weighted by molar-refractivity contribution is -0.135. The van der Waals surface area contributed by atoms with E-state index < -0.39 is 0 Å². The zero-order chi connectivity index (χ0) is 25.1. The van der Waals surface area contributed by atoms with E-state index >= 15 is 0 Å². The quantitative estimate of drug-likeness (QED) is 0.529. The summed E-state index contributed by atoms with van der Waals surface area (Å²) in [6.45, 7) is 2.14. The maximum atomic E-state index is 13.0. The highest BCUT2D eigenvalue weighted by molar-refractivity contribution is 5.94. The predicted octanol–water partition coefficient (Wildman–Crippen LogP) is 4.15. The Hall–Kier alpha value is -4.04. The van der Waals surface area contributed by atoms with Crippen LogP contribution >= 0.6 is 0 Å². The Morgan fingerprint density at radius 3 is 2.49 bits per heavy atom. The van der Waals surface area contributed by atoms with Gasteiger partial charge in [0, 0.05) is 48.6 Å². The molecule has 7 rings (SSSR count). The Morgan fingerprint density at radius 2 is 1.78 bits per heavy atom. The van der Waals surface area contributed by atoms with Crippen molar-refractivity contribution < 1.29 is 4.79 Å². The first-order valence-electron chi connectivity index (χ1n) is 13.3. The third-order valence-electron chi connectivity index (χ3n) is 8.22. The van der Waals surface area contributed by atoms with Crippen LogP contribution in [-0.4, -0.2) is 51.4 Å². The van der Waals surface area contributed by atoms with Crippen molar-refractivity contribution in [3.63, 3.8) is 0 Å². The van der Waals surface area contributed by atoms with Crippen molar-refractivity contribution >= 4 is 22.8 Å². The van der Waals surface area contributed by atoms with Crippen LogP contribution in [0.5, 0.6) is 0 Å². The molecule has 1 aliphatic heterocycles. The summed E-state index contributed by atoms with van der Waals surface area (Å²) in [5, 5.41) is 20.3. The van der Waals surface area contributed by atoms with E-state index in [0.29, 0.717) is 47.7 Å². The lowest BCUT2D eigenvalue weighted by atomic mass is 9.96. The van der Waals surface area contributed by atoms with E-state index in [9.17, 15) is 15.3 Å². The second kappa shape index (κ2) is 8.52. The normalized spacial score (nSPS) is 21.5. The van der Waals surface area contributed by atoms with Crippen molar-refractivity contribution in [3.8, 4) is 23.3 Å². The molecular formula is C29H27N7O. The van der Waals surface area contributed by atoms with Gasteiger partial charge in [0.1, 0.15) is 23.7 Å². The maximum absolute atomic E-state index is 13.0. The maximum Gasteiger partial charge on any atom is 0.226 e. The molecule has 0 unspecified atom stereocenters. The second-order valence-corrected chi connectivity index (χ2v) is 10.9. The van der Waals surface area contributed by atoms with Gasteiger partial charge in [0.15, 0.2) is 5.65 Å². The standard InChI is InChI=1S/C29H27N7O/c30-14-20-13-24(22-9-10-32-27-23(22)8-7-21(15-31)33-27)26(18-3-4-18)34-28(20)35-11-12-36(29(37)19-5-6-19)25(16-35)17-1-2-17/h7-10,13,17-19,25H,1-6,11-12,16H2/t25-/m0/s1. The smallest absolute Gasteiger partial charge is 0.226 e. The van der Waals surface area contributed by atoms with E-state index in [-0.39, 0.29) is 12.0 Å². The van der Waals surface area contributed by atoms with Gasteiger partial charge in [-0.15, -0.1) is 0 Å². The first kappa shape index (κ1) is 22.2. The molecule has 3 aromatic heterocycles. The van der Waals surface area contributed by atoms with E-state index in [1.54, 1.807) is 12.3 Å². The topological polar surface area (TPSA) is 110 Å². The highest BCUT2D eigenvalue weighted by atomic mass is 16.2. The fraction of sp³-hybridized carbons (Fsp3) is 0.448. The average molecular weight is 490 g/mol. The van der Waals surface area contributed by atoms with Crippen molar-refractivity contribution in [1.29, 1.82) is 10.5 Å².